The molecule has 0 atom stereocenters. The number of rotatable bonds is 6. The van der Waals surface area contributed by atoms with Crippen molar-refractivity contribution in [2.75, 3.05) is 5.32 Å². The van der Waals surface area contributed by atoms with Gasteiger partial charge in [-0.25, -0.2) is 4.79 Å². The molecule has 186 valence electrons. The molecule has 0 saturated heterocycles. The number of amides is 1. The van der Waals surface area contributed by atoms with Crippen molar-refractivity contribution in [2.24, 2.45) is 25.7 Å². The van der Waals surface area contributed by atoms with Crippen LogP contribution in [0.5, 0.6) is 0 Å². The Balaban J connectivity index is 1.48. The Hall–Kier alpha value is -3.63. The van der Waals surface area contributed by atoms with Gasteiger partial charge in [0.15, 0.2) is 11.2 Å². The number of carbonyl (C=O) groups excluding carboxylic acids is 1. The molecule has 3 aromatic heterocycles. The lowest BCUT2D eigenvalue weighted by Crippen LogP contribution is -2.39. The summed E-state index contributed by atoms with van der Waals surface area (Å²) in [6.45, 7) is 0.0354. The smallest absolute Gasteiger partial charge is 0.332 e. The summed E-state index contributed by atoms with van der Waals surface area (Å²) < 4.78 is 4.11. The van der Waals surface area contributed by atoms with Crippen molar-refractivity contribution in [3.8, 4) is 0 Å². The van der Waals surface area contributed by atoms with E-state index in [4.69, 9.17) is 28.9 Å². The van der Waals surface area contributed by atoms with Gasteiger partial charge >= 0.3 is 5.69 Å². The molecule has 1 aromatic carbocycles. The molecule has 1 amide bonds. The van der Waals surface area contributed by atoms with Crippen LogP contribution in [0.15, 0.2) is 46.1 Å². The van der Waals surface area contributed by atoms with Crippen molar-refractivity contribution >= 4 is 51.9 Å². The first kappa shape index (κ1) is 24.1. The zero-order valence-corrected chi connectivity index (χ0v) is 21.0. The summed E-state index contributed by atoms with van der Waals surface area (Å²) >= 11 is 12.1. The Morgan fingerprint density at radius 1 is 1.11 bits per heavy atom. The lowest BCUT2D eigenvalue weighted by Gasteiger charge is -2.32. The van der Waals surface area contributed by atoms with Crippen LogP contribution in [-0.2, 0) is 25.4 Å². The third-order valence-corrected chi connectivity index (χ3v) is 7.42. The van der Waals surface area contributed by atoms with Crippen molar-refractivity contribution in [1.82, 2.24) is 23.7 Å². The van der Waals surface area contributed by atoms with Gasteiger partial charge in [0.1, 0.15) is 0 Å². The SMILES string of the molecule is Cn1c(Nc2ccnc(C3CC(C(N)=O)C3)c2)nc2c1c(=O)n(Cc1ccc(Cl)c(Cl)c1)c(=O)n2C. The molecule has 36 heavy (non-hydrogen) atoms. The van der Waals surface area contributed by atoms with Crippen LogP contribution in [0.2, 0.25) is 10.0 Å². The topological polar surface area (TPSA) is 130 Å². The number of fused-ring (bicyclic) bond motifs is 1. The van der Waals surface area contributed by atoms with E-state index < -0.39 is 11.2 Å². The van der Waals surface area contributed by atoms with Crippen molar-refractivity contribution in [3.05, 3.63) is 78.7 Å². The van der Waals surface area contributed by atoms with Gasteiger partial charge in [-0.15, -0.1) is 0 Å². The molecule has 0 radical (unpaired) electrons. The van der Waals surface area contributed by atoms with E-state index in [2.05, 4.69) is 15.3 Å². The van der Waals surface area contributed by atoms with E-state index in [0.717, 1.165) is 15.9 Å². The maximum atomic E-state index is 13.4. The standard InChI is InChI=1S/C24H23Cl2N7O3/c1-31-19-21(32(2)24(36)33(22(19)35)11-12-3-4-16(25)17(26)7-12)30-23(31)29-15-5-6-28-18(10-15)13-8-14(9-13)20(27)34/h3-7,10,13-14H,8-9,11H2,1-2H3,(H2,27,34)(H,28,29,30). The Kier molecular flexibility index (Phi) is 6.09. The van der Waals surface area contributed by atoms with Gasteiger partial charge in [-0.3, -0.25) is 23.7 Å². The first-order chi connectivity index (χ1) is 17.1. The van der Waals surface area contributed by atoms with Crippen LogP contribution >= 0.6 is 23.2 Å². The van der Waals surface area contributed by atoms with E-state index in [-0.39, 0.29) is 35.5 Å². The number of imidazole rings is 1. The minimum atomic E-state index is -0.497. The zero-order chi connectivity index (χ0) is 25.7. The molecule has 12 heteroatoms. The lowest BCUT2D eigenvalue weighted by molar-refractivity contribution is -0.124. The van der Waals surface area contributed by atoms with Crippen molar-refractivity contribution < 1.29 is 4.79 Å². The number of aromatic nitrogens is 5. The molecule has 3 N–H and O–H groups in total. The van der Waals surface area contributed by atoms with Crippen LogP contribution in [0.25, 0.3) is 11.2 Å². The summed E-state index contributed by atoms with van der Waals surface area (Å²) in [6, 6.07) is 8.65. The van der Waals surface area contributed by atoms with Crippen molar-refractivity contribution in [2.45, 2.75) is 25.3 Å². The summed E-state index contributed by atoms with van der Waals surface area (Å²) in [5.74, 6) is 0.167. The number of pyridine rings is 1. The van der Waals surface area contributed by atoms with Gasteiger partial charge in [0.25, 0.3) is 5.56 Å². The maximum Gasteiger partial charge on any atom is 0.332 e. The molecule has 10 nitrogen and oxygen atoms in total. The Morgan fingerprint density at radius 2 is 1.86 bits per heavy atom. The number of anilines is 2. The molecule has 0 spiro atoms. The van der Waals surface area contributed by atoms with Gasteiger partial charge in [0.2, 0.25) is 11.9 Å². The molecule has 5 rings (SSSR count). The normalized spacial score (nSPS) is 17.2. The summed E-state index contributed by atoms with van der Waals surface area (Å²) in [6.07, 6.45) is 3.04. The summed E-state index contributed by atoms with van der Waals surface area (Å²) in [5.41, 5.74) is 7.20. The van der Waals surface area contributed by atoms with E-state index in [1.54, 1.807) is 49.1 Å². The van der Waals surface area contributed by atoms with Gasteiger partial charge in [-0.1, -0.05) is 29.3 Å². The second kappa shape index (κ2) is 9.11. The fourth-order valence-corrected chi connectivity index (χ4v) is 4.81. The molecular formula is C24H23Cl2N7O3. The number of primary amides is 1. The zero-order valence-electron chi connectivity index (χ0n) is 19.5. The number of hydrogen-bond donors (Lipinski definition) is 2. The highest BCUT2D eigenvalue weighted by atomic mass is 35.5. The molecule has 1 aliphatic rings. The van der Waals surface area contributed by atoms with E-state index in [1.807, 2.05) is 6.07 Å². The van der Waals surface area contributed by atoms with Crippen LogP contribution in [0.4, 0.5) is 11.6 Å². The van der Waals surface area contributed by atoms with E-state index in [9.17, 15) is 14.4 Å². The van der Waals surface area contributed by atoms with Gasteiger partial charge in [0.05, 0.1) is 16.6 Å². The van der Waals surface area contributed by atoms with E-state index in [1.165, 1.54) is 4.57 Å². The Morgan fingerprint density at radius 3 is 2.56 bits per heavy atom. The molecule has 0 bridgehead atoms. The number of hydrogen-bond acceptors (Lipinski definition) is 6. The molecule has 0 aliphatic heterocycles. The second-order valence-corrected chi connectivity index (χ2v) is 9.82. The molecular weight excluding hydrogens is 505 g/mol. The van der Waals surface area contributed by atoms with Gasteiger partial charge in [-0.05, 0) is 42.7 Å². The average molecular weight is 528 g/mol. The third-order valence-electron chi connectivity index (χ3n) is 6.68. The number of carbonyl (C=O) groups is 1. The highest BCUT2D eigenvalue weighted by molar-refractivity contribution is 6.42. The fourth-order valence-electron chi connectivity index (χ4n) is 4.49. The Bertz CT molecular complexity index is 1630. The number of nitrogens with two attached hydrogens (primary N) is 1. The first-order valence-corrected chi connectivity index (χ1v) is 12.0. The fraction of sp³-hybridized carbons (Fsp3) is 0.292. The number of nitrogens with one attached hydrogen (secondary N) is 1. The minimum absolute atomic E-state index is 0.0354. The maximum absolute atomic E-state index is 13.4. The third kappa shape index (κ3) is 4.16. The van der Waals surface area contributed by atoms with Crippen LogP contribution in [0.1, 0.15) is 30.0 Å². The monoisotopic (exact) mass is 527 g/mol. The quantitative estimate of drug-likeness (QED) is 0.396. The highest BCUT2D eigenvalue weighted by Crippen LogP contribution is 2.41. The minimum Gasteiger partial charge on any atom is -0.369 e. The predicted octanol–water partition coefficient (Wildman–Crippen LogP) is 2.91. The van der Waals surface area contributed by atoms with Gasteiger partial charge < -0.3 is 15.6 Å². The number of nitrogens with zero attached hydrogens (tertiary/aromatic N) is 5. The molecule has 4 aromatic rings. The second-order valence-electron chi connectivity index (χ2n) is 9.01. The van der Waals surface area contributed by atoms with Gasteiger partial charge in [0, 0.05) is 43.5 Å². The first-order valence-electron chi connectivity index (χ1n) is 11.3. The van der Waals surface area contributed by atoms with Crippen molar-refractivity contribution in [3.63, 3.8) is 0 Å². The van der Waals surface area contributed by atoms with Crippen molar-refractivity contribution in [1.29, 1.82) is 0 Å². The number of halogens is 2. The summed E-state index contributed by atoms with van der Waals surface area (Å²) in [7, 11) is 3.28. The molecule has 0 unspecified atom stereocenters. The predicted molar refractivity (Wildman–Crippen MR) is 138 cm³/mol. The molecule has 1 saturated carbocycles. The number of aryl methyl sites for hydroxylation is 2. The van der Waals surface area contributed by atoms with Crippen LogP contribution in [0.3, 0.4) is 0 Å². The summed E-state index contributed by atoms with van der Waals surface area (Å²) in [5, 5.41) is 3.96. The van der Waals surface area contributed by atoms with Crippen LogP contribution < -0.4 is 22.3 Å². The average Bonchev–Trinajstić information content (AvgIpc) is 3.13. The highest BCUT2D eigenvalue weighted by Gasteiger charge is 2.35. The number of benzene rings is 1. The molecule has 1 aliphatic carbocycles. The summed E-state index contributed by atoms with van der Waals surface area (Å²) in [4.78, 5) is 46.7. The lowest BCUT2D eigenvalue weighted by atomic mass is 9.72. The Labute approximate surface area is 215 Å². The van der Waals surface area contributed by atoms with E-state index in [0.29, 0.717) is 34.4 Å². The van der Waals surface area contributed by atoms with Crippen LogP contribution in [0, 0.1) is 5.92 Å². The molecule has 3 heterocycles. The molecule has 1 fully saturated rings. The van der Waals surface area contributed by atoms with E-state index >= 15 is 0 Å². The van der Waals surface area contributed by atoms with Crippen LogP contribution in [-0.4, -0.2) is 29.6 Å². The van der Waals surface area contributed by atoms with Gasteiger partial charge in [-0.2, -0.15) is 4.98 Å². The largest absolute Gasteiger partial charge is 0.369 e.